The standard InChI is InChI=1S/C21H22N6/c1-16-7-6-10-20(17(16)2)27-23-19(15-22)21(24-27)26-13-11-25(12-14-26)18-8-4-3-5-9-18/h3-10H,11-14H2,1-2H3. The van der Waals surface area contributed by atoms with E-state index in [4.69, 9.17) is 0 Å². The highest BCUT2D eigenvalue weighted by atomic mass is 15.5. The third-order valence-corrected chi connectivity index (χ3v) is 5.19. The van der Waals surface area contributed by atoms with Crippen molar-refractivity contribution in [2.75, 3.05) is 36.0 Å². The first kappa shape index (κ1) is 17.1. The van der Waals surface area contributed by atoms with Crippen LogP contribution in [0.5, 0.6) is 0 Å². The summed E-state index contributed by atoms with van der Waals surface area (Å²) < 4.78 is 0. The number of hydrogen-bond donors (Lipinski definition) is 0. The van der Waals surface area contributed by atoms with Crippen molar-refractivity contribution in [3.8, 4) is 11.8 Å². The molecule has 0 spiro atoms. The molecule has 3 aromatic rings. The van der Waals surface area contributed by atoms with Crippen LogP contribution in [0.2, 0.25) is 0 Å². The van der Waals surface area contributed by atoms with Crippen molar-refractivity contribution >= 4 is 11.5 Å². The Balaban J connectivity index is 1.57. The molecule has 1 aliphatic heterocycles. The van der Waals surface area contributed by atoms with Gasteiger partial charge in [0.05, 0.1) is 5.69 Å². The predicted octanol–water partition coefficient (Wildman–Crippen LogP) is 3.08. The summed E-state index contributed by atoms with van der Waals surface area (Å²) in [6.45, 7) is 7.54. The molecule has 27 heavy (non-hydrogen) atoms. The van der Waals surface area contributed by atoms with Gasteiger partial charge in [0, 0.05) is 31.9 Å². The van der Waals surface area contributed by atoms with Gasteiger partial charge in [-0.2, -0.15) is 5.26 Å². The molecule has 2 aromatic carbocycles. The summed E-state index contributed by atoms with van der Waals surface area (Å²) in [7, 11) is 0. The van der Waals surface area contributed by atoms with Crippen LogP contribution < -0.4 is 9.80 Å². The summed E-state index contributed by atoms with van der Waals surface area (Å²) in [6.07, 6.45) is 0. The van der Waals surface area contributed by atoms with E-state index in [0.717, 1.165) is 37.4 Å². The monoisotopic (exact) mass is 358 g/mol. The zero-order valence-electron chi connectivity index (χ0n) is 15.6. The number of anilines is 2. The van der Waals surface area contributed by atoms with Crippen LogP contribution in [0.3, 0.4) is 0 Å². The van der Waals surface area contributed by atoms with Gasteiger partial charge in [-0.3, -0.25) is 0 Å². The van der Waals surface area contributed by atoms with Crippen LogP contribution in [-0.4, -0.2) is 41.2 Å². The Bertz CT molecular complexity index is 978. The molecule has 0 aliphatic carbocycles. The minimum absolute atomic E-state index is 0.379. The van der Waals surface area contributed by atoms with Gasteiger partial charge in [0.25, 0.3) is 0 Å². The Hall–Kier alpha value is -3.33. The third-order valence-electron chi connectivity index (χ3n) is 5.19. The number of piperazine rings is 1. The molecule has 2 heterocycles. The van der Waals surface area contributed by atoms with E-state index < -0.39 is 0 Å². The molecule has 0 N–H and O–H groups in total. The molecule has 0 unspecified atom stereocenters. The number of hydrogen-bond acceptors (Lipinski definition) is 5. The normalized spacial score (nSPS) is 14.3. The molecule has 1 fully saturated rings. The zero-order valence-corrected chi connectivity index (χ0v) is 15.6. The fourth-order valence-corrected chi connectivity index (χ4v) is 3.46. The van der Waals surface area contributed by atoms with Crippen molar-refractivity contribution in [1.82, 2.24) is 15.0 Å². The predicted molar refractivity (Wildman–Crippen MR) is 106 cm³/mol. The van der Waals surface area contributed by atoms with Crippen LogP contribution >= 0.6 is 0 Å². The fourth-order valence-electron chi connectivity index (χ4n) is 3.46. The first-order chi connectivity index (χ1) is 13.2. The van der Waals surface area contributed by atoms with Crippen LogP contribution in [0.25, 0.3) is 5.69 Å². The van der Waals surface area contributed by atoms with E-state index in [0.29, 0.717) is 11.5 Å². The maximum atomic E-state index is 9.56. The molecule has 1 saturated heterocycles. The van der Waals surface area contributed by atoms with E-state index in [9.17, 15) is 5.26 Å². The lowest BCUT2D eigenvalue weighted by atomic mass is 10.1. The van der Waals surface area contributed by atoms with Crippen molar-refractivity contribution < 1.29 is 0 Å². The van der Waals surface area contributed by atoms with Crippen LogP contribution in [0, 0.1) is 25.2 Å². The van der Waals surface area contributed by atoms with E-state index in [2.05, 4.69) is 70.2 Å². The van der Waals surface area contributed by atoms with E-state index in [1.807, 2.05) is 18.2 Å². The zero-order chi connectivity index (χ0) is 18.8. The second-order valence-electron chi connectivity index (χ2n) is 6.80. The van der Waals surface area contributed by atoms with Gasteiger partial charge < -0.3 is 9.80 Å². The SMILES string of the molecule is Cc1cccc(-n2nc(C#N)c(N3CCN(c4ccccc4)CC3)n2)c1C. The maximum Gasteiger partial charge on any atom is 0.207 e. The van der Waals surface area contributed by atoms with Gasteiger partial charge in [-0.1, -0.05) is 30.3 Å². The molecule has 4 rings (SSSR count). The average Bonchev–Trinajstić information content (AvgIpc) is 3.15. The lowest BCUT2D eigenvalue weighted by molar-refractivity contribution is 0.641. The molecule has 0 bridgehead atoms. The lowest BCUT2D eigenvalue weighted by Crippen LogP contribution is -2.47. The Morgan fingerprint density at radius 2 is 1.56 bits per heavy atom. The average molecular weight is 358 g/mol. The number of aryl methyl sites for hydroxylation is 1. The third kappa shape index (κ3) is 3.24. The number of aromatic nitrogens is 3. The highest BCUT2D eigenvalue weighted by Crippen LogP contribution is 2.23. The second kappa shape index (κ2) is 7.12. The molecule has 1 aromatic heterocycles. The van der Waals surface area contributed by atoms with Gasteiger partial charge in [0.2, 0.25) is 5.69 Å². The van der Waals surface area contributed by atoms with E-state index in [-0.39, 0.29) is 0 Å². The van der Waals surface area contributed by atoms with Crippen LogP contribution in [-0.2, 0) is 0 Å². The molecule has 136 valence electrons. The van der Waals surface area contributed by atoms with Gasteiger partial charge in [-0.25, -0.2) is 0 Å². The van der Waals surface area contributed by atoms with Crippen molar-refractivity contribution in [2.45, 2.75) is 13.8 Å². The molecule has 0 atom stereocenters. The summed E-state index contributed by atoms with van der Waals surface area (Å²) in [4.78, 5) is 6.12. The van der Waals surface area contributed by atoms with Crippen LogP contribution in [0.1, 0.15) is 16.8 Å². The number of benzene rings is 2. The quantitative estimate of drug-likeness (QED) is 0.720. The summed E-state index contributed by atoms with van der Waals surface area (Å²) in [5, 5.41) is 18.7. The van der Waals surface area contributed by atoms with Crippen molar-refractivity contribution in [2.24, 2.45) is 0 Å². The number of para-hydroxylation sites is 1. The van der Waals surface area contributed by atoms with Crippen LogP contribution in [0.4, 0.5) is 11.5 Å². The van der Waals surface area contributed by atoms with E-state index in [1.54, 1.807) is 4.80 Å². The minimum Gasteiger partial charge on any atom is -0.368 e. The van der Waals surface area contributed by atoms with Gasteiger partial charge in [-0.15, -0.1) is 15.0 Å². The minimum atomic E-state index is 0.379. The lowest BCUT2D eigenvalue weighted by Gasteiger charge is -2.36. The number of nitrogens with zero attached hydrogens (tertiary/aromatic N) is 6. The van der Waals surface area contributed by atoms with E-state index in [1.165, 1.54) is 11.3 Å². The van der Waals surface area contributed by atoms with Gasteiger partial charge in [0.15, 0.2) is 5.82 Å². The molecule has 0 radical (unpaired) electrons. The van der Waals surface area contributed by atoms with Crippen LogP contribution in [0.15, 0.2) is 48.5 Å². The molecule has 6 nitrogen and oxygen atoms in total. The van der Waals surface area contributed by atoms with Crippen molar-refractivity contribution in [1.29, 1.82) is 5.26 Å². The number of rotatable bonds is 3. The maximum absolute atomic E-state index is 9.56. The Morgan fingerprint density at radius 3 is 2.26 bits per heavy atom. The molecule has 0 amide bonds. The van der Waals surface area contributed by atoms with Crippen molar-refractivity contribution in [3.05, 3.63) is 65.4 Å². The molecule has 6 heteroatoms. The molecular formula is C21H22N6. The molecule has 1 aliphatic rings. The fraction of sp³-hybridized carbons (Fsp3) is 0.286. The van der Waals surface area contributed by atoms with Gasteiger partial charge in [0.1, 0.15) is 6.07 Å². The molecular weight excluding hydrogens is 336 g/mol. The van der Waals surface area contributed by atoms with E-state index >= 15 is 0 Å². The first-order valence-electron chi connectivity index (χ1n) is 9.16. The Morgan fingerprint density at radius 1 is 0.852 bits per heavy atom. The highest BCUT2D eigenvalue weighted by Gasteiger charge is 2.24. The first-order valence-corrected chi connectivity index (χ1v) is 9.16. The Labute approximate surface area is 159 Å². The topological polar surface area (TPSA) is 61.0 Å². The van der Waals surface area contributed by atoms with Gasteiger partial charge >= 0.3 is 0 Å². The molecule has 0 saturated carbocycles. The second-order valence-corrected chi connectivity index (χ2v) is 6.80. The largest absolute Gasteiger partial charge is 0.368 e. The summed E-state index contributed by atoms with van der Waals surface area (Å²) in [5.41, 5.74) is 4.83. The summed E-state index contributed by atoms with van der Waals surface area (Å²) in [6, 6.07) is 18.7. The number of nitriles is 1. The van der Waals surface area contributed by atoms with Gasteiger partial charge in [-0.05, 0) is 43.2 Å². The van der Waals surface area contributed by atoms with Crippen molar-refractivity contribution in [3.63, 3.8) is 0 Å². The smallest absolute Gasteiger partial charge is 0.207 e. The highest BCUT2D eigenvalue weighted by molar-refractivity contribution is 5.54. The summed E-state index contributed by atoms with van der Waals surface area (Å²) >= 11 is 0. The summed E-state index contributed by atoms with van der Waals surface area (Å²) in [5.74, 6) is 0.672. The Kier molecular flexibility index (Phi) is 4.51.